The van der Waals surface area contributed by atoms with E-state index in [1.54, 1.807) is 6.20 Å². The van der Waals surface area contributed by atoms with Gasteiger partial charge < -0.3 is 5.73 Å². The Morgan fingerprint density at radius 1 is 1.45 bits per heavy atom. The van der Waals surface area contributed by atoms with Gasteiger partial charge in [-0.3, -0.25) is 0 Å². The third kappa shape index (κ3) is 1.19. The highest BCUT2D eigenvalue weighted by Crippen LogP contribution is 2.20. The molecule has 56 valence electrons. The Kier molecular flexibility index (Phi) is 1.50. The van der Waals surface area contributed by atoms with Crippen LogP contribution in [0.2, 0.25) is 0 Å². The molecule has 0 spiro atoms. The summed E-state index contributed by atoms with van der Waals surface area (Å²) < 4.78 is 0.676. The molecule has 6 heteroatoms. The smallest absolute Gasteiger partial charge is 0.192 e. The Labute approximate surface area is 74.6 Å². The molecule has 0 saturated carbocycles. The summed E-state index contributed by atoms with van der Waals surface area (Å²) in [7, 11) is 0. The molecule has 0 bridgehead atoms. The average molecular weight is 231 g/mol. The summed E-state index contributed by atoms with van der Waals surface area (Å²) in [5, 5.41) is 0.498. The minimum absolute atomic E-state index is 0.498. The van der Waals surface area contributed by atoms with E-state index in [4.69, 9.17) is 5.73 Å². The van der Waals surface area contributed by atoms with Gasteiger partial charge in [0.2, 0.25) is 0 Å². The summed E-state index contributed by atoms with van der Waals surface area (Å²) in [6, 6.07) is 0. The number of fused-ring (bicyclic) bond motifs is 1. The van der Waals surface area contributed by atoms with Crippen LogP contribution in [-0.2, 0) is 0 Å². The highest BCUT2D eigenvalue weighted by Gasteiger charge is 2.02. The van der Waals surface area contributed by atoms with E-state index in [-0.39, 0.29) is 0 Å². The number of thiazole rings is 1. The van der Waals surface area contributed by atoms with Crippen molar-refractivity contribution >= 4 is 42.9 Å². The lowest BCUT2D eigenvalue weighted by atomic mass is 10.7. The number of anilines is 1. The molecule has 11 heavy (non-hydrogen) atoms. The zero-order valence-corrected chi connectivity index (χ0v) is 7.69. The van der Waals surface area contributed by atoms with Gasteiger partial charge in [0.15, 0.2) is 15.6 Å². The minimum atomic E-state index is 0.498. The van der Waals surface area contributed by atoms with Gasteiger partial charge in [0.05, 0.1) is 6.20 Å². The Bertz CT molecular complexity index is 398. The topological polar surface area (TPSA) is 64.7 Å². The fourth-order valence-electron chi connectivity index (χ4n) is 0.719. The summed E-state index contributed by atoms with van der Waals surface area (Å²) in [6.07, 6.45) is 1.62. The lowest BCUT2D eigenvalue weighted by Crippen LogP contribution is -1.82. The minimum Gasteiger partial charge on any atom is -0.375 e. The second kappa shape index (κ2) is 2.38. The van der Waals surface area contributed by atoms with Crippen molar-refractivity contribution in [2.24, 2.45) is 0 Å². The molecule has 0 aliphatic heterocycles. The molecule has 2 aromatic heterocycles. The third-order valence-corrected chi connectivity index (χ3v) is 2.27. The van der Waals surface area contributed by atoms with Crippen molar-refractivity contribution < 1.29 is 0 Å². The first kappa shape index (κ1) is 6.93. The molecule has 0 aliphatic rings. The Hall–Kier alpha value is -0.750. The first-order chi connectivity index (χ1) is 5.25. The second-order valence-electron chi connectivity index (χ2n) is 1.87. The van der Waals surface area contributed by atoms with Crippen molar-refractivity contribution in [2.45, 2.75) is 0 Å². The molecule has 2 N–H and O–H groups in total. The highest BCUT2D eigenvalue weighted by molar-refractivity contribution is 9.10. The SMILES string of the molecule is Nc1nc2nc(Br)cnc2s1. The van der Waals surface area contributed by atoms with Crippen LogP contribution in [0.15, 0.2) is 10.8 Å². The molecule has 0 aromatic carbocycles. The zero-order valence-electron chi connectivity index (χ0n) is 5.28. The van der Waals surface area contributed by atoms with Crippen molar-refractivity contribution in [1.29, 1.82) is 0 Å². The molecule has 0 unspecified atom stereocenters. The summed E-state index contributed by atoms with van der Waals surface area (Å²) in [5.74, 6) is 0. The van der Waals surface area contributed by atoms with Crippen LogP contribution in [0.4, 0.5) is 5.13 Å². The third-order valence-electron chi connectivity index (χ3n) is 1.11. The van der Waals surface area contributed by atoms with E-state index in [1.165, 1.54) is 11.3 Å². The van der Waals surface area contributed by atoms with Crippen molar-refractivity contribution in [3.05, 3.63) is 10.8 Å². The number of nitrogens with two attached hydrogens (primary N) is 1. The van der Waals surface area contributed by atoms with E-state index in [0.29, 0.717) is 15.4 Å². The molecule has 0 radical (unpaired) electrons. The fourth-order valence-corrected chi connectivity index (χ4v) is 1.61. The number of nitrogen functional groups attached to an aromatic ring is 1. The van der Waals surface area contributed by atoms with E-state index in [1.807, 2.05) is 0 Å². The Morgan fingerprint density at radius 2 is 2.27 bits per heavy atom. The van der Waals surface area contributed by atoms with Crippen LogP contribution in [0.5, 0.6) is 0 Å². The first-order valence-corrected chi connectivity index (χ1v) is 4.41. The average Bonchev–Trinajstić information content (AvgIpc) is 2.27. The number of nitrogens with zero attached hydrogens (tertiary/aromatic N) is 3. The Morgan fingerprint density at radius 3 is 3.09 bits per heavy atom. The van der Waals surface area contributed by atoms with Crippen molar-refractivity contribution in [3.63, 3.8) is 0 Å². The molecular formula is C5H3BrN4S. The van der Waals surface area contributed by atoms with Gasteiger partial charge in [-0.25, -0.2) is 9.97 Å². The molecule has 0 atom stereocenters. The van der Waals surface area contributed by atoms with E-state index >= 15 is 0 Å². The number of aromatic nitrogens is 3. The zero-order chi connectivity index (χ0) is 7.84. The molecule has 2 rings (SSSR count). The van der Waals surface area contributed by atoms with Gasteiger partial charge in [0, 0.05) is 0 Å². The first-order valence-electron chi connectivity index (χ1n) is 2.80. The van der Waals surface area contributed by atoms with Crippen LogP contribution < -0.4 is 5.73 Å². The molecule has 4 nitrogen and oxygen atoms in total. The van der Waals surface area contributed by atoms with Gasteiger partial charge in [-0.1, -0.05) is 11.3 Å². The van der Waals surface area contributed by atoms with Crippen molar-refractivity contribution in [3.8, 4) is 0 Å². The summed E-state index contributed by atoms with van der Waals surface area (Å²) >= 11 is 4.52. The van der Waals surface area contributed by atoms with Gasteiger partial charge in [-0.2, -0.15) is 4.98 Å². The highest BCUT2D eigenvalue weighted by atomic mass is 79.9. The van der Waals surface area contributed by atoms with Gasteiger partial charge in [0.25, 0.3) is 0 Å². The maximum Gasteiger partial charge on any atom is 0.192 e. The van der Waals surface area contributed by atoms with E-state index < -0.39 is 0 Å². The largest absolute Gasteiger partial charge is 0.375 e. The maximum atomic E-state index is 5.45. The molecular weight excluding hydrogens is 228 g/mol. The molecule has 0 fully saturated rings. The van der Waals surface area contributed by atoms with Crippen molar-refractivity contribution in [1.82, 2.24) is 15.0 Å². The molecule has 0 saturated heterocycles. The molecule has 0 amide bonds. The quantitative estimate of drug-likeness (QED) is 0.744. The number of rotatable bonds is 0. The number of halogens is 1. The Balaban J connectivity index is 2.82. The van der Waals surface area contributed by atoms with E-state index in [0.717, 1.165) is 4.83 Å². The molecule has 2 heterocycles. The van der Waals surface area contributed by atoms with E-state index in [9.17, 15) is 0 Å². The predicted molar refractivity (Wildman–Crippen MR) is 47.3 cm³/mol. The van der Waals surface area contributed by atoms with Crippen LogP contribution in [0, 0.1) is 0 Å². The normalized spacial score (nSPS) is 10.6. The molecule has 2 aromatic rings. The number of hydrogen-bond donors (Lipinski definition) is 1. The summed E-state index contributed by atoms with van der Waals surface area (Å²) in [6.45, 7) is 0. The van der Waals surface area contributed by atoms with Gasteiger partial charge in [-0.15, -0.1) is 0 Å². The van der Waals surface area contributed by atoms with Crippen LogP contribution in [0.1, 0.15) is 0 Å². The van der Waals surface area contributed by atoms with Crippen molar-refractivity contribution in [2.75, 3.05) is 5.73 Å². The van der Waals surface area contributed by atoms with Gasteiger partial charge in [-0.05, 0) is 15.9 Å². The van der Waals surface area contributed by atoms with Crippen LogP contribution in [0.25, 0.3) is 10.5 Å². The summed E-state index contributed by atoms with van der Waals surface area (Å²) in [5.41, 5.74) is 6.05. The van der Waals surface area contributed by atoms with Crippen LogP contribution >= 0.6 is 27.3 Å². The monoisotopic (exact) mass is 230 g/mol. The molecule has 0 aliphatic carbocycles. The summed E-state index contributed by atoms with van der Waals surface area (Å²) in [4.78, 5) is 12.9. The van der Waals surface area contributed by atoms with Crippen LogP contribution in [0.3, 0.4) is 0 Å². The lowest BCUT2D eigenvalue weighted by molar-refractivity contribution is 1.23. The standard InChI is InChI=1S/C5H3BrN4S/c6-2-1-8-4-3(9-2)10-5(7)11-4/h1H,(H2,7,9,10). The van der Waals surface area contributed by atoms with Crippen LogP contribution in [-0.4, -0.2) is 15.0 Å². The predicted octanol–water partition coefficient (Wildman–Crippen LogP) is 1.43. The van der Waals surface area contributed by atoms with Gasteiger partial charge >= 0.3 is 0 Å². The van der Waals surface area contributed by atoms with Gasteiger partial charge in [0.1, 0.15) is 4.60 Å². The maximum absolute atomic E-state index is 5.45. The second-order valence-corrected chi connectivity index (χ2v) is 3.70. The fraction of sp³-hybridized carbons (Fsp3) is 0. The van der Waals surface area contributed by atoms with E-state index in [2.05, 4.69) is 30.9 Å². The number of hydrogen-bond acceptors (Lipinski definition) is 5. The lowest BCUT2D eigenvalue weighted by Gasteiger charge is -1.85.